The highest BCUT2D eigenvalue weighted by Crippen LogP contribution is 2.19. The number of nitrogens with two attached hydrogens (primary N) is 1. The van der Waals surface area contributed by atoms with E-state index in [1.807, 2.05) is 18.2 Å². The van der Waals surface area contributed by atoms with E-state index in [-0.39, 0.29) is 30.1 Å². The van der Waals surface area contributed by atoms with Crippen molar-refractivity contribution in [3.63, 3.8) is 0 Å². The summed E-state index contributed by atoms with van der Waals surface area (Å²) in [6.07, 6.45) is 6.04. The Morgan fingerprint density at radius 2 is 1.92 bits per heavy atom. The highest BCUT2D eigenvalue weighted by atomic mass is 127. The Balaban J connectivity index is 0.00000208. The van der Waals surface area contributed by atoms with E-state index in [1.165, 1.54) is 5.69 Å². The summed E-state index contributed by atoms with van der Waals surface area (Å²) in [5, 5.41) is 0.767. The fraction of sp³-hybridized carbons (Fsp3) is 0.471. The van der Waals surface area contributed by atoms with E-state index in [1.54, 1.807) is 6.26 Å². The normalized spacial score (nSPS) is 21.2. The van der Waals surface area contributed by atoms with Crippen LogP contribution in [0.5, 0.6) is 0 Å². The summed E-state index contributed by atoms with van der Waals surface area (Å²) in [5.41, 5.74) is 7.34. The van der Waals surface area contributed by atoms with Gasteiger partial charge in [0, 0.05) is 36.9 Å². The molecule has 0 aliphatic carbocycles. The smallest absolute Gasteiger partial charge is 0.191 e. The first-order chi connectivity index (χ1) is 11.2. The van der Waals surface area contributed by atoms with Crippen LogP contribution >= 0.6 is 35.6 Å². The lowest BCUT2D eigenvalue weighted by Crippen LogP contribution is -2.51. The zero-order valence-electron chi connectivity index (χ0n) is 13.6. The van der Waals surface area contributed by atoms with E-state index in [9.17, 15) is 0 Å². The number of hydrogen-bond acceptors (Lipinski definition) is 3. The van der Waals surface area contributed by atoms with Gasteiger partial charge in [-0.05, 0) is 43.2 Å². The minimum atomic E-state index is 0. The van der Waals surface area contributed by atoms with Crippen LogP contribution in [0.2, 0.25) is 5.02 Å². The maximum atomic E-state index is 6.14. The fourth-order valence-corrected chi connectivity index (χ4v) is 2.99. The molecule has 2 heterocycles. The molecule has 1 fully saturated rings. The van der Waals surface area contributed by atoms with E-state index in [0.717, 1.165) is 44.0 Å². The van der Waals surface area contributed by atoms with E-state index >= 15 is 0 Å². The van der Waals surface area contributed by atoms with Gasteiger partial charge in [0.05, 0.1) is 12.8 Å². The molecule has 0 saturated carbocycles. The van der Waals surface area contributed by atoms with Crippen LogP contribution < -0.4 is 10.6 Å². The van der Waals surface area contributed by atoms with Crippen LogP contribution in [0.15, 0.2) is 41.6 Å². The molecule has 0 bridgehead atoms. The highest BCUT2D eigenvalue weighted by Gasteiger charge is 2.19. The molecular formula is C17H24ClIN4O. The van der Waals surface area contributed by atoms with Crippen LogP contribution in [0.3, 0.4) is 0 Å². The monoisotopic (exact) mass is 462 g/mol. The van der Waals surface area contributed by atoms with E-state index in [4.69, 9.17) is 22.1 Å². The first kappa shape index (κ1) is 19.2. The molecule has 1 atom stereocenters. The van der Waals surface area contributed by atoms with Gasteiger partial charge in [0.25, 0.3) is 0 Å². The SMILES string of the molecule is I.NC(=NCC1CCC=CO1)N1CCN(c2ccc(Cl)cc2)CC1. The molecule has 132 valence electrons. The Kier molecular flexibility index (Phi) is 7.48. The van der Waals surface area contributed by atoms with Crippen LogP contribution in [-0.2, 0) is 4.74 Å². The maximum Gasteiger partial charge on any atom is 0.191 e. The average Bonchev–Trinajstić information content (AvgIpc) is 2.61. The van der Waals surface area contributed by atoms with Crippen molar-refractivity contribution in [1.82, 2.24) is 4.90 Å². The lowest BCUT2D eigenvalue weighted by Gasteiger charge is -2.36. The molecular weight excluding hydrogens is 439 g/mol. The van der Waals surface area contributed by atoms with Crippen molar-refractivity contribution in [2.75, 3.05) is 37.6 Å². The van der Waals surface area contributed by atoms with Gasteiger partial charge < -0.3 is 20.3 Å². The summed E-state index contributed by atoms with van der Waals surface area (Å²) in [6, 6.07) is 7.97. The van der Waals surface area contributed by atoms with Crippen molar-refractivity contribution in [3.8, 4) is 0 Å². The van der Waals surface area contributed by atoms with Gasteiger partial charge in [-0.1, -0.05) is 11.6 Å². The number of aliphatic imine (C=N–C) groups is 1. The second-order valence-corrected chi connectivity index (χ2v) is 6.29. The summed E-state index contributed by atoms with van der Waals surface area (Å²) >= 11 is 5.94. The number of benzene rings is 1. The molecule has 5 nitrogen and oxygen atoms in total. The lowest BCUT2D eigenvalue weighted by molar-refractivity contribution is 0.131. The Labute approximate surface area is 165 Å². The third-order valence-electron chi connectivity index (χ3n) is 4.27. The molecule has 2 N–H and O–H groups in total. The Morgan fingerprint density at radius 1 is 1.21 bits per heavy atom. The minimum absolute atomic E-state index is 0. The van der Waals surface area contributed by atoms with E-state index < -0.39 is 0 Å². The summed E-state index contributed by atoms with van der Waals surface area (Å²) in [4.78, 5) is 8.99. The van der Waals surface area contributed by atoms with Gasteiger partial charge in [-0.25, -0.2) is 4.99 Å². The minimum Gasteiger partial charge on any atom is -0.496 e. The molecule has 1 saturated heterocycles. The molecule has 1 aromatic carbocycles. The largest absolute Gasteiger partial charge is 0.496 e. The third-order valence-corrected chi connectivity index (χ3v) is 4.53. The molecule has 2 aliphatic heterocycles. The molecule has 2 aliphatic rings. The van der Waals surface area contributed by atoms with Gasteiger partial charge in [-0.2, -0.15) is 0 Å². The summed E-state index contributed by atoms with van der Waals surface area (Å²) in [7, 11) is 0. The average molecular weight is 463 g/mol. The molecule has 1 aromatic rings. The van der Waals surface area contributed by atoms with Crippen molar-refractivity contribution in [3.05, 3.63) is 41.6 Å². The van der Waals surface area contributed by atoms with Crippen LogP contribution in [0.1, 0.15) is 12.8 Å². The lowest BCUT2D eigenvalue weighted by atomic mass is 10.2. The van der Waals surface area contributed by atoms with Crippen LogP contribution in [0.4, 0.5) is 5.69 Å². The highest BCUT2D eigenvalue weighted by molar-refractivity contribution is 14.0. The second kappa shape index (κ2) is 9.36. The van der Waals surface area contributed by atoms with Gasteiger partial charge >= 0.3 is 0 Å². The Bertz CT molecular complexity index is 570. The molecule has 0 spiro atoms. The molecule has 24 heavy (non-hydrogen) atoms. The van der Waals surface area contributed by atoms with E-state index in [0.29, 0.717) is 12.5 Å². The van der Waals surface area contributed by atoms with Gasteiger partial charge in [-0.3, -0.25) is 0 Å². The zero-order chi connectivity index (χ0) is 16.1. The molecule has 0 aromatic heterocycles. The van der Waals surface area contributed by atoms with Crippen molar-refractivity contribution in [2.45, 2.75) is 18.9 Å². The predicted octanol–water partition coefficient (Wildman–Crippen LogP) is 3.09. The number of guanidine groups is 1. The number of hydrogen-bond donors (Lipinski definition) is 1. The number of allylic oxidation sites excluding steroid dienone is 1. The molecule has 0 radical (unpaired) electrons. The number of halogens is 2. The van der Waals surface area contributed by atoms with Crippen LogP contribution in [0, 0.1) is 0 Å². The number of rotatable bonds is 3. The standard InChI is InChI=1S/C17H23ClN4O.HI/c18-14-4-6-15(7-5-14)21-8-10-22(11-9-21)17(19)20-13-16-3-1-2-12-23-16;/h2,4-7,12,16H,1,3,8-11,13H2,(H2,19,20);1H. The quantitative estimate of drug-likeness (QED) is 0.426. The van der Waals surface area contributed by atoms with Gasteiger partial charge in [0.1, 0.15) is 6.10 Å². The van der Waals surface area contributed by atoms with Crippen molar-refractivity contribution in [2.24, 2.45) is 10.7 Å². The summed E-state index contributed by atoms with van der Waals surface area (Å²) in [6.45, 7) is 4.25. The zero-order valence-corrected chi connectivity index (χ0v) is 16.7. The Morgan fingerprint density at radius 3 is 2.54 bits per heavy atom. The van der Waals surface area contributed by atoms with Gasteiger partial charge in [0.15, 0.2) is 5.96 Å². The number of anilines is 1. The first-order valence-electron chi connectivity index (χ1n) is 8.08. The Hall–Kier alpha value is -1.15. The molecule has 0 amide bonds. The van der Waals surface area contributed by atoms with Crippen molar-refractivity contribution < 1.29 is 4.74 Å². The van der Waals surface area contributed by atoms with Crippen molar-refractivity contribution in [1.29, 1.82) is 0 Å². The van der Waals surface area contributed by atoms with Crippen LogP contribution in [-0.4, -0.2) is 49.7 Å². The third kappa shape index (κ3) is 5.17. The predicted molar refractivity (Wildman–Crippen MR) is 110 cm³/mol. The fourth-order valence-electron chi connectivity index (χ4n) is 2.86. The van der Waals surface area contributed by atoms with E-state index in [2.05, 4.69) is 26.9 Å². The number of piperazine rings is 1. The molecule has 7 heteroatoms. The number of nitrogens with zero attached hydrogens (tertiary/aromatic N) is 3. The first-order valence-corrected chi connectivity index (χ1v) is 8.46. The van der Waals surface area contributed by atoms with Crippen LogP contribution in [0.25, 0.3) is 0 Å². The maximum absolute atomic E-state index is 6.14. The van der Waals surface area contributed by atoms with Gasteiger partial charge in [0.2, 0.25) is 0 Å². The number of ether oxygens (including phenoxy) is 1. The van der Waals surface area contributed by atoms with Gasteiger partial charge in [-0.15, -0.1) is 24.0 Å². The molecule has 1 unspecified atom stereocenters. The topological polar surface area (TPSA) is 54.1 Å². The van der Waals surface area contributed by atoms with Crippen molar-refractivity contribution >= 4 is 47.2 Å². The summed E-state index contributed by atoms with van der Waals surface area (Å²) in [5.74, 6) is 0.624. The summed E-state index contributed by atoms with van der Waals surface area (Å²) < 4.78 is 5.52. The second-order valence-electron chi connectivity index (χ2n) is 5.86. The molecule has 3 rings (SSSR count).